The summed E-state index contributed by atoms with van der Waals surface area (Å²) in [5, 5.41) is 11.2. The Kier molecular flexibility index (Phi) is 3.44. The van der Waals surface area contributed by atoms with Crippen molar-refractivity contribution in [3.63, 3.8) is 0 Å². The zero-order chi connectivity index (χ0) is 16.6. The summed E-state index contributed by atoms with van der Waals surface area (Å²) < 4.78 is 0. The van der Waals surface area contributed by atoms with Gasteiger partial charge in [0.25, 0.3) is 0 Å². The Hall–Kier alpha value is -0.570. The number of nitrogens with zero attached hydrogens (tertiary/aromatic N) is 1. The summed E-state index contributed by atoms with van der Waals surface area (Å²) in [5.41, 5.74) is 0.609. The van der Waals surface area contributed by atoms with Crippen molar-refractivity contribution in [3.05, 3.63) is 0 Å². The first-order chi connectivity index (χ1) is 10.8. The van der Waals surface area contributed by atoms with Gasteiger partial charge in [-0.2, -0.15) is 0 Å². The maximum Gasteiger partial charge on any atom is 0.222 e. The number of carbonyl (C=O) groups excluding carboxylic acids is 1. The highest BCUT2D eigenvalue weighted by Gasteiger charge is 2.63. The van der Waals surface area contributed by atoms with E-state index in [1.807, 2.05) is 11.9 Å². The quantitative estimate of drug-likeness (QED) is 0.743. The number of carbonyl (C=O) groups is 1. The number of hydrogen-bond acceptors (Lipinski definition) is 2. The molecule has 0 radical (unpaired) electrons. The first-order valence-corrected chi connectivity index (χ1v) is 9.73. The smallest absolute Gasteiger partial charge is 0.222 e. The van der Waals surface area contributed by atoms with E-state index in [1.165, 1.54) is 32.1 Å². The molecule has 0 aromatic heterocycles. The number of rotatable bonds is 0. The maximum absolute atomic E-state index is 12.3. The molecule has 1 aliphatic heterocycles. The molecular weight excluding hydrogens is 286 g/mol. The number of likely N-dealkylation sites (N-methyl/N-ethyl adjacent to an activating group) is 1. The molecule has 1 N–H and O–H groups in total. The molecule has 3 nitrogen and oxygen atoms in total. The van der Waals surface area contributed by atoms with E-state index in [-0.39, 0.29) is 23.5 Å². The van der Waals surface area contributed by atoms with Crippen molar-refractivity contribution in [2.45, 2.75) is 77.9 Å². The van der Waals surface area contributed by atoms with Gasteiger partial charge in [-0.3, -0.25) is 4.79 Å². The normalized spacial score (nSPS) is 56.0. The van der Waals surface area contributed by atoms with Gasteiger partial charge in [-0.1, -0.05) is 27.2 Å². The predicted molar refractivity (Wildman–Crippen MR) is 90.7 cm³/mol. The fourth-order valence-electron chi connectivity index (χ4n) is 7.52. The van der Waals surface area contributed by atoms with Crippen LogP contribution in [0.15, 0.2) is 0 Å². The van der Waals surface area contributed by atoms with Crippen molar-refractivity contribution < 1.29 is 9.90 Å². The summed E-state index contributed by atoms with van der Waals surface area (Å²) >= 11 is 0. The van der Waals surface area contributed by atoms with Gasteiger partial charge in [0.2, 0.25) is 5.91 Å². The van der Waals surface area contributed by atoms with Crippen molar-refractivity contribution in [3.8, 4) is 0 Å². The van der Waals surface area contributed by atoms with Gasteiger partial charge in [0.05, 0.1) is 12.1 Å². The van der Waals surface area contributed by atoms with Crippen LogP contribution in [0, 0.1) is 34.5 Å². The third-order valence-electron chi connectivity index (χ3n) is 8.79. The molecule has 0 aromatic carbocycles. The number of aliphatic hydroxyl groups excluding tert-OH is 1. The highest BCUT2D eigenvalue weighted by Crippen LogP contribution is 2.65. The third-order valence-corrected chi connectivity index (χ3v) is 8.79. The Balaban J connectivity index is 1.75. The van der Waals surface area contributed by atoms with Crippen LogP contribution < -0.4 is 0 Å². The lowest BCUT2D eigenvalue weighted by Gasteiger charge is -2.64. The van der Waals surface area contributed by atoms with Gasteiger partial charge >= 0.3 is 0 Å². The van der Waals surface area contributed by atoms with Crippen LogP contribution in [0.4, 0.5) is 0 Å². The standard InChI is InChI=1S/C20H33NO2/c1-12-16-13-6-5-9-19(13,2)10-7-14(16)20(3)11-8-15(22)21(4)18(20)17(12)23/h12-14,16-18,23H,5-11H2,1-4H3/t12?,13-,14+,16-,17?,18?,19-,20+/m0/s1. The minimum Gasteiger partial charge on any atom is -0.391 e. The second-order valence-corrected chi connectivity index (χ2v) is 9.68. The van der Waals surface area contributed by atoms with E-state index in [0.29, 0.717) is 29.6 Å². The van der Waals surface area contributed by atoms with Crippen LogP contribution in [0.25, 0.3) is 0 Å². The fourth-order valence-corrected chi connectivity index (χ4v) is 7.52. The third kappa shape index (κ3) is 1.95. The van der Waals surface area contributed by atoms with Crippen molar-refractivity contribution >= 4 is 5.91 Å². The van der Waals surface area contributed by atoms with Crippen LogP contribution in [0.3, 0.4) is 0 Å². The van der Waals surface area contributed by atoms with Crippen molar-refractivity contribution in [2.75, 3.05) is 7.05 Å². The summed E-state index contributed by atoms with van der Waals surface area (Å²) in [6.45, 7) is 7.15. The number of likely N-dealkylation sites (tertiary alicyclic amines) is 1. The van der Waals surface area contributed by atoms with Crippen LogP contribution in [-0.2, 0) is 4.79 Å². The summed E-state index contributed by atoms with van der Waals surface area (Å²) in [4.78, 5) is 14.1. The highest BCUT2D eigenvalue weighted by molar-refractivity contribution is 5.77. The summed E-state index contributed by atoms with van der Waals surface area (Å²) in [6.07, 6.45) is 8.01. The zero-order valence-corrected chi connectivity index (χ0v) is 15.2. The monoisotopic (exact) mass is 319 g/mol. The van der Waals surface area contributed by atoms with Crippen LogP contribution in [0.1, 0.15) is 65.7 Å². The second-order valence-electron chi connectivity index (χ2n) is 9.68. The minimum atomic E-state index is -0.363. The van der Waals surface area contributed by atoms with E-state index in [0.717, 1.165) is 12.3 Å². The van der Waals surface area contributed by atoms with Crippen LogP contribution >= 0.6 is 0 Å². The van der Waals surface area contributed by atoms with Crippen LogP contribution in [-0.4, -0.2) is 35.1 Å². The Labute approximate surface area is 140 Å². The number of fused-ring (bicyclic) bond motifs is 5. The largest absolute Gasteiger partial charge is 0.391 e. The Morgan fingerprint density at radius 2 is 1.87 bits per heavy atom. The van der Waals surface area contributed by atoms with Gasteiger partial charge in [0.1, 0.15) is 0 Å². The van der Waals surface area contributed by atoms with Crippen LogP contribution in [0.2, 0.25) is 0 Å². The second kappa shape index (κ2) is 4.97. The fraction of sp³-hybridized carbons (Fsp3) is 0.950. The molecule has 3 heteroatoms. The average molecular weight is 319 g/mol. The Bertz CT molecular complexity index is 520. The molecule has 3 saturated carbocycles. The maximum atomic E-state index is 12.3. The lowest BCUT2D eigenvalue weighted by atomic mass is 9.44. The summed E-state index contributed by atoms with van der Waals surface area (Å²) in [6, 6.07) is 0.0192. The van der Waals surface area contributed by atoms with Gasteiger partial charge < -0.3 is 10.0 Å². The van der Waals surface area contributed by atoms with Gasteiger partial charge in [-0.15, -0.1) is 0 Å². The van der Waals surface area contributed by atoms with E-state index in [9.17, 15) is 9.90 Å². The van der Waals surface area contributed by atoms with Crippen molar-refractivity contribution in [2.24, 2.45) is 34.5 Å². The molecule has 3 aliphatic carbocycles. The molecule has 130 valence electrons. The van der Waals surface area contributed by atoms with E-state index < -0.39 is 0 Å². The topological polar surface area (TPSA) is 40.5 Å². The van der Waals surface area contributed by atoms with E-state index >= 15 is 0 Å². The molecule has 4 aliphatic rings. The first kappa shape index (κ1) is 15.9. The van der Waals surface area contributed by atoms with E-state index in [1.54, 1.807) is 0 Å². The number of amides is 1. The van der Waals surface area contributed by atoms with E-state index in [2.05, 4.69) is 20.8 Å². The molecule has 23 heavy (non-hydrogen) atoms. The predicted octanol–water partition coefficient (Wildman–Crippen LogP) is 3.46. The number of hydrogen-bond donors (Lipinski definition) is 1. The molecule has 1 heterocycles. The van der Waals surface area contributed by atoms with Gasteiger partial charge in [0, 0.05) is 13.5 Å². The molecule has 4 rings (SSSR count). The zero-order valence-electron chi connectivity index (χ0n) is 15.2. The molecule has 8 atom stereocenters. The Morgan fingerprint density at radius 1 is 1.13 bits per heavy atom. The molecular formula is C20H33NO2. The molecule has 0 spiro atoms. The van der Waals surface area contributed by atoms with Crippen molar-refractivity contribution in [1.29, 1.82) is 0 Å². The molecule has 1 amide bonds. The molecule has 0 aromatic rings. The average Bonchev–Trinajstić information content (AvgIpc) is 2.90. The molecule has 4 fully saturated rings. The van der Waals surface area contributed by atoms with Gasteiger partial charge in [-0.05, 0) is 66.6 Å². The first-order valence-electron chi connectivity index (χ1n) is 9.73. The van der Waals surface area contributed by atoms with Crippen LogP contribution in [0.5, 0.6) is 0 Å². The minimum absolute atomic E-state index is 0.0192. The lowest BCUT2D eigenvalue weighted by molar-refractivity contribution is -0.196. The molecule has 3 unspecified atom stereocenters. The lowest BCUT2D eigenvalue weighted by Crippen LogP contribution is -2.68. The number of piperidine rings is 1. The molecule has 0 bridgehead atoms. The highest BCUT2D eigenvalue weighted by atomic mass is 16.3. The van der Waals surface area contributed by atoms with Crippen molar-refractivity contribution in [1.82, 2.24) is 4.90 Å². The number of aliphatic hydroxyl groups is 1. The van der Waals surface area contributed by atoms with E-state index in [4.69, 9.17) is 0 Å². The van der Waals surface area contributed by atoms with Gasteiger partial charge in [0.15, 0.2) is 0 Å². The molecule has 1 saturated heterocycles. The summed E-state index contributed by atoms with van der Waals surface area (Å²) in [7, 11) is 1.92. The SMILES string of the molecule is CC1C(O)C2N(C)C(=O)CC[C@]2(C)[C@@H]2CC[C@]3(C)CCC[C@H]3[C@H]12. The van der Waals surface area contributed by atoms with Gasteiger partial charge in [-0.25, -0.2) is 0 Å². The Morgan fingerprint density at radius 3 is 2.61 bits per heavy atom. The summed E-state index contributed by atoms with van der Waals surface area (Å²) in [5.74, 6) is 2.64.